The minimum atomic E-state index is -1.82. The van der Waals surface area contributed by atoms with Gasteiger partial charge in [-0.05, 0) is 55.9 Å². The number of esters is 1. The number of carbonyl (C=O) groups is 1. The molecule has 326 valence electrons. The van der Waals surface area contributed by atoms with Crippen molar-refractivity contribution in [1.29, 1.82) is 0 Å². The van der Waals surface area contributed by atoms with Gasteiger partial charge in [-0.15, -0.1) is 0 Å². The summed E-state index contributed by atoms with van der Waals surface area (Å²) in [5.41, 5.74) is 0.193. The molecule has 3 saturated heterocycles. The number of hydrogen-bond donors (Lipinski definition) is 2. The fourth-order valence-electron chi connectivity index (χ4n) is 9.43. The molecular weight excluding hydrogens is 748 g/mol. The topological polar surface area (TPSA) is 150 Å². The molecule has 0 unspecified atom stereocenters. The molecule has 1 spiro atoms. The maximum atomic E-state index is 14.3. The normalized spacial score (nSPS) is 45.0. The van der Waals surface area contributed by atoms with Gasteiger partial charge < -0.3 is 57.6 Å². The predicted molar refractivity (Wildman–Crippen MR) is 214 cm³/mol. The SMILES string of the molecule is CC[C@H](C)[C@H]1O[C@]2(C=C[C@@H]1C)C[C@@H]1C[C@@H](C/C=C(\C)[C@@H](O[C@H]3C[C@H](OC)[C@@H](OCOCCOC)[C@H](C)O3)[C@@H](C)/C=C/C=C3\CO[C@@H]4[C@H](O)C(C)=C[C@@H](C(=O)O1)[C@]34O)O2. The number of aliphatic hydroxyl groups is 2. The molecule has 6 rings (SSSR count). The van der Waals surface area contributed by atoms with E-state index in [1.165, 1.54) is 0 Å². The fourth-order valence-corrected chi connectivity index (χ4v) is 9.43. The van der Waals surface area contributed by atoms with Crippen molar-refractivity contribution in [3.8, 4) is 0 Å². The third-order valence-corrected chi connectivity index (χ3v) is 13.0. The van der Waals surface area contributed by atoms with E-state index in [2.05, 4.69) is 46.8 Å². The second kappa shape index (κ2) is 19.6. The van der Waals surface area contributed by atoms with Crippen LogP contribution in [0.5, 0.6) is 0 Å². The van der Waals surface area contributed by atoms with Gasteiger partial charge in [0.1, 0.15) is 42.7 Å². The lowest BCUT2D eigenvalue weighted by Crippen LogP contribution is -2.58. The van der Waals surface area contributed by atoms with Crippen LogP contribution >= 0.6 is 0 Å². The van der Waals surface area contributed by atoms with Crippen molar-refractivity contribution in [3.05, 3.63) is 59.3 Å². The van der Waals surface area contributed by atoms with Crippen molar-refractivity contribution in [1.82, 2.24) is 0 Å². The molecule has 13 heteroatoms. The molecule has 5 aliphatic heterocycles. The van der Waals surface area contributed by atoms with Crippen LogP contribution in [0.2, 0.25) is 0 Å². The van der Waals surface area contributed by atoms with E-state index in [1.54, 1.807) is 33.3 Å². The van der Waals surface area contributed by atoms with Crippen molar-refractivity contribution in [3.63, 3.8) is 0 Å². The van der Waals surface area contributed by atoms with Gasteiger partial charge in [0.25, 0.3) is 0 Å². The van der Waals surface area contributed by atoms with E-state index in [1.807, 2.05) is 25.2 Å². The standard InChI is InChI=1S/C45H68O13/c1-10-26(2)40-29(5)16-17-44(58-40)23-34-21-33(57-44)15-14-28(4)39(56-37-22-36(50-9)41(31(7)54-37)53-25-51-19-18-49-8)27(3)12-11-13-32-24-52-42-38(46)30(6)20-35(43(47)55-34)45(32,42)48/h11-14,16-17,20,26-27,29,31,33-42,46,48H,10,15,18-19,21-25H2,1-9H3/b12-11+,28-14+,32-13+/t26-,27-,29-,31-,33+,34-,35-,36-,37-,38+,39-,40+,41-,42+,44+,45+/m0/s1. The Morgan fingerprint density at radius 3 is 2.55 bits per heavy atom. The number of fused-ring (bicyclic) bond motifs is 2. The summed E-state index contributed by atoms with van der Waals surface area (Å²) in [6.45, 7) is 15.3. The average molecular weight is 817 g/mol. The van der Waals surface area contributed by atoms with Crippen molar-refractivity contribution in [2.45, 2.75) is 153 Å². The molecule has 0 aromatic carbocycles. The molecule has 13 nitrogen and oxygen atoms in total. The summed E-state index contributed by atoms with van der Waals surface area (Å²) in [4.78, 5) is 14.3. The number of ether oxygens (including phenoxy) is 10. The zero-order chi connectivity index (χ0) is 41.8. The summed E-state index contributed by atoms with van der Waals surface area (Å²) in [6, 6.07) is 0. The highest BCUT2D eigenvalue weighted by atomic mass is 16.7. The highest BCUT2D eigenvalue weighted by Gasteiger charge is 2.60. The molecule has 0 aromatic heterocycles. The van der Waals surface area contributed by atoms with E-state index >= 15 is 0 Å². The van der Waals surface area contributed by atoms with Gasteiger partial charge in [-0.2, -0.15) is 0 Å². The Labute approximate surface area is 344 Å². The third-order valence-electron chi connectivity index (χ3n) is 13.0. The summed E-state index contributed by atoms with van der Waals surface area (Å²) in [5, 5.41) is 23.6. The van der Waals surface area contributed by atoms with Crippen molar-refractivity contribution >= 4 is 5.97 Å². The first kappa shape index (κ1) is 45.3. The van der Waals surface area contributed by atoms with E-state index in [4.69, 9.17) is 47.4 Å². The Bertz CT molecular complexity index is 1560. The molecular formula is C45H68O13. The highest BCUT2D eigenvalue weighted by Crippen LogP contribution is 2.47. The molecule has 6 aliphatic rings. The molecule has 0 aromatic rings. The number of methoxy groups -OCH3 is 2. The Balaban J connectivity index is 1.32. The molecule has 58 heavy (non-hydrogen) atoms. The highest BCUT2D eigenvalue weighted by molar-refractivity contribution is 5.78. The van der Waals surface area contributed by atoms with Gasteiger partial charge in [-0.1, -0.05) is 70.6 Å². The largest absolute Gasteiger partial charge is 0.462 e. The van der Waals surface area contributed by atoms with Gasteiger partial charge in [0.15, 0.2) is 12.1 Å². The Morgan fingerprint density at radius 1 is 1.02 bits per heavy atom. The van der Waals surface area contributed by atoms with E-state index in [9.17, 15) is 15.0 Å². The zero-order valence-electron chi connectivity index (χ0n) is 35.9. The third kappa shape index (κ3) is 9.76. The monoisotopic (exact) mass is 816 g/mol. The minimum Gasteiger partial charge on any atom is -0.462 e. The second-order valence-corrected chi connectivity index (χ2v) is 17.2. The van der Waals surface area contributed by atoms with Crippen LogP contribution in [0.3, 0.4) is 0 Å². The van der Waals surface area contributed by atoms with Crippen molar-refractivity contribution in [2.24, 2.45) is 23.7 Å². The molecule has 2 bridgehead atoms. The molecule has 16 atom stereocenters. The van der Waals surface area contributed by atoms with Crippen LogP contribution in [0, 0.1) is 23.7 Å². The molecule has 1 aliphatic carbocycles. The quantitative estimate of drug-likeness (QED) is 0.117. The summed E-state index contributed by atoms with van der Waals surface area (Å²) < 4.78 is 62.0. The predicted octanol–water partition coefficient (Wildman–Crippen LogP) is 5.49. The molecule has 0 saturated carbocycles. The van der Waals surface area contributed by atoms with Crippen LogP contribution in [0.15, 0.2) is 59.3 Å². The number of carbonyl (C=O) groups excluding carboxylic acids is 1. The van der Waals surface area contributed by atoms with E-state index in [0.29, 0.717) is 50.0 Å². The molecule has 0 amide bonds. The van der Waals surface area contributed by atoms with Gasteiger partial charge >= 0.3 is 5.97 Å². The Kier molecular flexibility index (Phi) is 15.3. The lowest BCUT2D eigenvalue weighted by molar-refractivity contribution is -0.300. The van der Waals surface area contributed by atoms with Crippen molar-refractivity contribution in [2.75, 3.05) is 40.8 Å². The average Bonchev–Trinajstić information content (AvgIpc) is 3.54. The summed E-state index contributed by atoms with van der Waals surface area (Å²) in [5.74, 6) is -2.47. The molecule has 5 heterocycles. The first-order valence-electron chi connectivity index (χ1n) is 21.3. The Hall–Kier alpha value is -2.27. The fraction of sp³-hybridized carbons (Fsp3) is 0.756. The van der Waals surface area contributed by atoms with Crippen LogP contribution in [-0.4, -0.2) is 130 Å². The van der Waals surface area contributed by atoms with E-state index < -0.39 is 54.0 Å². The van der Waals surface area contributed by atoms with Crippen LogP contribution in [0.4, 0.5) is 0 Å². The molecule has 3 fully saturated rings. The number of rotatable bonds is 11. The summed E-state index contributed by atoms with van der Waals surface area (Å²) in [6.07, 6.45) is 11.1. The summed E-state index contributed by atoms with van der Waals surface area (Å²) >= 11 is 0. The molecule has 0 radical (unpaired) electrons. The summed E-state index contributed by atoms with van der Waals surface area (Å²) in [7, 11) is 3.29. The van der Waals surface area contributed by atoms with Gasteiger partial charge in [0, 0.05) is 45.3 Å². The number of aliphatic hydroxyl groups excluding tert-OH is 1. The van der Waals surface area contributed by atoms with E-state index in [-0.39, 0.29) is 61.7 Å². The smallest absolute Gasteiger partial charge is 0.316 e. The molecule has 2 N–H and O–H groups in total. The first-order valence-corrected chi connectivity index (χ1v) is 21.3. The lowest BCUT2D eigenvalue weighted by Gasteiger charge is -2.48. The maximum absolute atomic E-state index is 14.3. The second-order valence-electron chi connectivity index (χ2n) is 17.2. The van der Waals surface area contributed by atoms with Crippen LogP contribution < -0.4 is 0 Å². The number of allylic oxidation sites excluding steroid dienone is 2. The van der Waals surface area contributed by atoms with Crippen LogP contribution in [0.25, 0.3) is 0 Å². The van der Waals surface area contributed by atoms with Gasteiger partial charge in [0.2, 0.25) is 0 Å². The lowest BCUT2D eigenvalue weighted by atomic mass is 9.71. The maximum Gasteiger partial charge on any atom is 0.316 e. The van der Waals surface area contributed by atoms with Gasteiger partial charge in [-0.25, -0.2) is 0 Å². The first-order chi connectivity index (χ1) is 27.7. The minimum absolute atomic E-state index is 0.0455. The van der Waals surface area contributed by atoms with Crippen LogP contribution in [0.1, 0.15) is 80.6 Å². The zero-order valence-corrected chi connectivity index (χ0v) is 35.9. The van der Waals surface area contributed by atoms with E-state index in [0.717, 1.165) is 12.0 Å². The Morgan fingerprint density at radius 2 is 1.81 bits per heavy atom. The van der Waals surface area contributed by atoms with Crippen LogP contribution in [-0.2, 0) is 52.2 Å². The van der Waals surface area contributed by atoms with Gasteiger partial charge in [0.05, 0.1) is 50.3 Å². The van der Waals surface area contributed by atoms with Crippen molar-refractivity contribution < 1.29 is 62.4 Å². The number of hydrogen-bond acceptors (Lipinski definition) is 13. The van der Waals surface area contributed by atoms with Gasteiger partial charge in [-0.3, -0.25) is 4.79 Å².